The number of carbonyl (C=O) groups excluding carboxylic acids is 2. The van der Waals surface area contributed by atoms with Gasteiger partial charge in [-0.2, -0.15) is 0 Å². The summed E-state index contributed by atoms with van der Waals surface area (Å²) >= 11 is 11.7. The van der Waals surface area contributed by atoms with Crippen LogP contribution in [-0.2, 0) is 0 Å². The summed E-state index contributed by atoms with van der Waals surface area (Å²) in [4.78, 5) is 22.5. The molecule has 2 nitrogen and oxygen atoms in total. The van der Waals surface area contributed by atoms with E-state index in [1.54, 1.807) is 25.1 Å². The highest BCUT2D eigenvalue weighted by molar-refractivity contribution is 6.39. The van der Waals surface area contributed by atoms with Crippen molar-refractivity contribution < 1.29 is 9.59 Å². The Labute approximate surface area is 98.2 Å². The molecule has 0 aliphatic rings. The Bertz CT molecular complexity index is 388. The molecule has 1 unspecified atom stereocenters. The summed E-state index contributed by atoms with van der Waals surface area (Å²) in [5, 5.41) is -0.368. The summed E-state index contributed by atoms with van der Waals surface area (Å²) in [6.45, 7) is 1.80. The highest BCUT2D eigenvalue weighted by Crippen LogP contribution is 2.23. The Kier molecular flexibility index (Phi) is 4.30. The fourth-order valence-electron chi connectivity index (χ4n) is 1.24. The van der Waals surface area contributed by atoms with Gasteiger partial charge in [-0.3, -0.25) is 9.59 Å². The van der Waals surface area contributed by atoms with Crippen molar-refractivity contribution in [1.29, 1.82) is 0 Å². The van der Waals surface area contributed by atoms with E-state index in [1.165, 1.54) is 0 Å². The maximum absolute atomic E-state index is 11.8. The predicted molar refractivity (Wildman–Crippen MR) is 61.1 cm³/mol. The quantitative estimate of drug-likeness (QED) is 0.463. The molecule has 15 heavy (non-hydrogen) atoms. The van der Waals surface area contributed by atoms with Gasteiger partial charge in [0, 0.05) is 11.1 Å². The van der Waals surface area contributed by atoms with Crippen LogP contribution in [0.15, 0.2) is 18.2 Å². The molecule has 0 heterocycles. The second-order valence-corrected chi connectivity index (χ2v) is 4.00. The minimum Gasteiger partial charge on any atom is -0.298 e. The molecule has 0 saturated heterocycles. The van der Waals surface area contributed by atoms with Gasteiger partial charge in [0.15, 0.2) is 12.1 Å². The minimum absolute atomic E-state index is 0.219. The average molecular weight is 245 g/mol. The van der Waals surface area contributed by atoms with Crippen molar-refractivity contribution in [3.63, 3.8) is 0 Å². The van der Waals surface area contributed by atoms with Gasteiger partial charge in [-0.15, -0.1) is 11.6 Å². The van der Waals surface area contributed by atoms with Gasteiger partial charge in [0.2, 0.25) is 0 Å². The number of alkyl halides is 1. The van der Waals surface area contributed by atoms with E-state index in [0.29, 0.717) is 12.7 Å². The maximum atomic E-state index is 11.8. The van der Waals surface area contributed by atoms with Gasteiger partial charge in [0.05, 0.1) is 10.4 Å². The van der Waals surface area contributed by atoms with Crippen molar-refractivity contribution in [2.75, 3.05) is 0 Å². The number of hydrogen-bond acceptors (Lipinski definition) is 2. The van der Waals surface area contributed by atoms with Gasteiger partial charge in [-0.25, -0.2) is 0 Å². The number of ketones is 1. The molecule has 0 aliphatic carbocycles. The normalized spacial score (nSPS) is 12.2. The summed E-state index contributed by atoms with van der Waals surface area (Å²) in [5.41, 5.74) is 0.502. The first-order chi connectivity index (χ1) is 7.11. The number of aldehydes is 1. The molecule has 80 valence electrons. The Balaban J connectivity index is 3.23. The molecule has 4 heteroatoms. The van der Waals surface area contributed by atoms with E-state index in [0.717, 1.165) is 0 Å². The molecule has 1 aromatic carbocycles. The van der Waals surface area contributed by atoms with Crippen molar-refractivity contribution in [1.82, 2.24) is 0 Å². The van der Waals surface area contributed by atoms with Gasteiger partial charge in [-0.1, -0.05) is 30.7 Å². The summed E-state index contributed by atoms with van der Waals surface area (Å²) < 4.78 is 0. The van der Waals surface area contributed by atoms with Gasteiger partial charge in [-0.05, 0) is 12.5 Å². The monoisotopic (exact) mass is 244 g/mol. The SMILES string of the molecule is CCC(Cl)C(=O)c1c(Cl)cccc1C=O. The third-order valence-electron chi connectivity index (χ3n) is 2.06. The Morgan fingerprint density at radius 1 is 1.53 bits per heavy atom. The van der Waals surface area contributed by atoms with E-state index in [2.05, 4.69) is 0 Å². The molecular weight excluding hydrogens is 235 g/mol. The maximum Gasteiger partial charge on any atom is 0.182 e. The van der Waals surface area contributed by atoms with Crippen LogP contribution in [-0.4, -0.2) is 17.4 Å². The van der Waals surface area contributed by atoms with Crippen LogP contribution in [0.25, 0.3) is 0 Å². The van der Waals surface area contributed by atoms with Crippen LogP contribution in [0.2, 0.25) is 5.02 Å². The van der Waals surface area contributed by atoms with Crippen LogP contribution in [0, 0.1) is 0 Å². The third kappa shape index (κ3) is 2.58. The number of benzene rings is 1. The third-order valence-corrected chi connectivity index (χ3v) is 2.88. The van der Waals surface area contributed by atoms with Crippen LogP contribution in [0.5, 0.6) is 0 Å². The zero-order chi connectivity index (χ0) is 11.4. The van der Waals surface area contributed by atoms with Crippen LogP contribution >= 0.6 is 23.2 Å². The van der Waals surface area contributed by atoms with E-state index in [4.69, 9.17) is 23.2 Å². The number of hydrogen-bond donors (Lipinski definition) is 0. The molecule has 1 aromatic rings. The molecule has 0 radical (unpaired) electrons. The van der Waals surface area contributed by atoms with Crippen molar-refractivity contribution in [2.45, 2.75) is 18.7 Å². The van der Waals surface area contributed by atoms with E-state index in [9.17, 15) is 9.59 Å². The summed E-state index contributed by atoms with van der Waals surface area (Å²) in [7, 11) is 0. The molecule has 0 fully saturated rings. The molecule has 0 N–H and O–H groups in total. The lowest BCUT2D eigenvalue weighted by Crippen LogP contribution is -2.16. The van der Waals surface area contributed by atoms with E-state index >= 15 is 0 Å². The van der Waals surface area contributed by atoms with Gasteiger partial charge >= 0.3 is 0 Å². The topological polar surface area (TPSA) is 34.1 Å². The lowest BCUT2D eigenvalue weighted by Gasteiger charge is -2.09. The lowest BCUT2D eigenvalue weighted by atomic mass is 10.0. The minimum atomic E-state index is -0.636. The fourth-order valence-corrected chi connectivity index (χ4v) is 1.63. The molecular formula is C11H10Cl2O2. The average Bonchev–Trinajstić information content (AvgIpc) is 2.26. The number of rotatable bonds is 4. The first-order valence-corrected chi connectivity index (χ1v) is 5.35. The Morgan fingerprint density at radius 2 is 2.20 bits per heavy atom. The van der Waals surface area contributed by atoms with E-state index in [1.807, 2.05) is 0 Å². The molecule has 0 amide bonds. The Hall–Kier alpha value is -0.860. The fraction of sp³-hybridized carbons (Fsp3) is 0.273. The van der Waals surface area contributed by atoms with Crippen LogP contribution in [0.1, 0.15) is 34.1 Å². The van der Waals surface area contributed by atoms with E-state index in [-0.39, 0.29) is 21.9 Å². The predicted octanol–water partition coefficient (Wildman–Crippen LogP) is 3.35. The summed E-state index contributed by atoms with van der Waals surface area (Å²) in [6, 6.07) is 4.74. The van der Waals surface area contributed by atoms with E-state index < -0.39 is 5.38 Å². The van der Waals surface area contributed by atoms with Crippen molar-refractivity contribution >= 4 is 35.3 Å². The molecule has 0 bridgehead atoms. The van der Waals surface area contributed by atoms with Crippen molar-refractivity contribution in [3.05, 3.63) is 34.3 Å². The van der Waals surface area contributed by atoms with Crippen molar-refractivity contribution in [3.8, 4) is 0 Å². The highest BCUT2D eigenvalue weighted by atomic mass is 35.5. The zero-order valence-electron chi connectivity index (χ0n) is 8.17. The highest BCUT2D eigenvalue weighted by Gasteiger charge is 2.21. The second-order valence-electron chi connectivity index (χ2n) is 3.06. The summed E-state index contributed by atoms with van der Waals surface area (Å²) in [5.74, 6) is -0.299. The second kappa shape index (κ2) is 5.29. The first kappa shape index (κ1) is 12.2. The van der Waals surface area contributed by atoms with Gasteiger partial charge in [0.25, 0.3) is 0 Å². The smallest absolute Gasteiger partial charge is 0.182 e. The molecule has 0 spiro atoms. The van der Waals surface area contributed by atoms with Gasteiger partial charge in [0.1, 0.15) is 0 Å². The largest absolute Gasteiger partial charge is 0.298 e. The van der Waals surface area contributed by atoms with Gasteiger partial charge < -0.3 is 0 Å². The first-order valence-electron chi connectivity index (χ1n) is 4.53. The summed E-state index contributed by atoms with van der Waals surface area (Å²) in [6.07, 6.45) is 1.11. The molecule has 0 aliphatic heterocycles. The van der Waals surface area contributed by atoms with Crippen LogP contribution < -0.4 is 0 Å². The lowest BCUT2D eigenvalue weighted by molar-refractivity contribution is 0.0979. The number of halogens is 2. The number of Topliss-reactive ketones (excluding diaryl/α,β-unsaturated/α-hetero) is 1. The zero-order valence-corrected chi connectivity index (χ0v) is 9.68. The molecule has 1 atom stereocenters. The van der Waals surface area contributed by atoms with Crippen molar-refractivity contribution in [2.24, 2.45) is 0 Å². The molecule has 0 aromatic heterocycles. The molecule has 0 saturated carbocycles. The standard InChI is InChI=1S/C11H10Cl2O2/c1-2-8(12)11(15)10-7(6-14)4-3-5-9(10)13/h3-6,8H,2H2,1H3. The Morgan fingerprint density at radius 3 is 2.73 bits per heavy atom. The van der Waals surface area contributed by atoms with Crippen LogP contribution in [0.3, 0.4) is 0 Å². The molecule has 1 rings (SSSR count). The van der Waals surface area contributed by atoms with Crippen LogP contribution in [0.4, 0.5) is 0 Å². The number of carbonyl (C=O) groups is 2.